The van der Waals surface area contributed by atoms with Crippen molar-refractivity contribution in [2.75, 3.05) is 6.54 Å². The largest absolute Gasteiger partial charge is 0.573 e. The van der Waals surface area contributed by atoms with Gasteiger partial charge < -0.3 is 15.8 Å². The van der Waals surface area contributed by atoms with Crippen LogP contribution in [0.5, 0.6) is 5.75 Å². The molecular formula is C13H14F4N2O. The van der Waals surface area contributed by atoms with Crippen LogP contribution in [0.15, 0.2) is 30.1 Å². The predicted octanol–water partition coefficient (Wildman–Crippen LogP) is 2.68. The Hall–Kier alpha value is -1.92. The Kier molecular flexibility index (Phi) is 4.06. The van der Waals surface area contributed by atoms with Crippen LogP contribution < -0.4 is 15.8 Å². The molecule has 7 heteroatoms. The monoisotopic (exact) mass is 290 g/mol. The van der Waals surface area contributed by atoms with Crippen LogP contribution in [0, 0.1) is 11.7 Å². The average Bonchev–Trinajstić information content (AvgIpc) is 2.74. The van der Waals surface area contributed by atoms with Crippen LogP contribution in [0.3, 0.4) is 0 Å². The first-order chi connectivity index (χ1) is 9.33. The normalized spacial score (nSPS) is 18.6. The number of alkyl halides is 3. The summed E-state index contributed by atoms with van der Waals surface area (Å²) in [6.45, 7) is 0.726. The van der Waals surface area contributed by atoms with E-state index in [1.165, 1.54) is 6.07 Å². The van der Waals surface area contributed by atoms with Gasteiger partial charge >= 0.3 is 6.36 Å². The van der Waals surface area contributed by atoms with E-state index in [9.17, 15) is 17.6 Å². The fourth-order valence-electron chi connectivity index (χ4n) is 2.07. The highest BCUT2D eigenvalue weighted by Crippen LogP contribution is 2.26. The molecular weight excluding hydrogens is 276 g/mol. The molecule has 0 aromatic heterocycles. The summed E-state index contributed by atoms with van der Waals surface area (Å²) in [6.07, 6.45) is -1.70. The molecule has 20 heavy (non-hydrogen) atoms. The van der Waals surface area contributed by atoms with Crippen molar-refractivity contribution in [3.05, 3.63) is 41.5 Å². The summed E-state index contributed by atoms with van der Waals surface area (Å²) in [7, 11) is 0. The molecule has 110 valence electrons. The van der Waals surface area contributed by atoms with Gasteiger partial charge in [0.1, 0.15) is 0 Å². The average molecular weight is 290 g/mol. The Labute approximate surface area is 113 Å². The second-order valence-electron chi connectivity index (χ2n) is 4.61. The summed E-state index contributed by atoms with van der Waals surface area (Å²) in [5.74, 6) is -0.952. The van der Waals surface area contributed by atoms with Crippen molar-refractivity contribution in [1.29, 1.82) is 0 Å². The molecule has 0 aliphatic carbocycles. The molecule has 0 unspecified atom stereocenters. The molecule has 0 saturated heterocycles. The minimum Gasteiger partial charge on any atom is -0.403 e. The van der Waals surface area contributed by atoms with Crippen molar-refractivity contribution < 1.29 is 22.3 Å². The molecule has 1 aromatic rings. The van der Waals surface area contributed by atoms with E-state index >= 15 is 0 Å². The van der Waals surface area contributed by atoms with Crippen molar-refractivity contribution in [1.82, 2.24) is 5.32 Å². The van der Waals surface area contributed by atoms with E-state index in [0.717, 1.165) is 25.1 Å². The van der Waals surface area contributed by atoms with Gasteiger partial charge in [0.2, 0.25) is 0 Å². The topological polar surface area (TPSA) is 47.3 Å². The van der Waals surface area contributed by atoms with E-state index in [0.29, 0.717) is 17.8 Å². The number of ether oxygens (including phenoxy) is 1. The summed E-state index contributed by atoms with van der Waals surface area (Å²) in [5.41, 5.74) is 6.18. The van der Waals surface area contributed by atoms with Crippen molar-refractivity contribution in [2.45, 2.75) is 19.2 Å². The first-order valence-corrected chi connectivity index (χ1v) is 6.09. The molecule has 0 bridgehead atoms. The van der Waals surface area contributed by atoms with Crippen LogP contribution in [0.25, 0.3) is 0 Å². The molecule has 1 aromatic carbocycles. The van der Waals surface area contributed by atoms with Gasteiger partial charge in [-0.1, -0.05) is 6.07 Å². The molecule has 0 fully saturated rings. The SMILES string of the molecule is NC1=C[C@H](CCc2ccc(OC(F)(F)F)c(F)c2)CN1. The zero-order chi connectivity index (χ0) is 14.8. The van der Waals surface area contributed by atoms with Gasteiger partial charge in [0, 0.05) is 6.54 Å². The lowest BCUT2D eigenvalue weighted by atomic mass is 10.0. The zero-order valence-corrected chi connectivity index (χ0v) is 10.5. The Morgan fingerprint density at radius 1 is 1.35 bits per heavy atom. The van der Waals surface area contributed by atoms with Crippen LogP contribution in [-0.2, 0) is 6.42 Å². The standard InChI is InChI=1S/C13H14F4N2O/c14-10-5-8(1-2-9-6-12(18)19-7-9)3-4-11(10)20-13(15,16)17/h3-6,9,19H,1-2,7,18H2/t9-/m0/s1. The first kappa shape index (κ1) is 14.5. The van der Waals surface area contributed by atoms with Crippen molar-refractivity contribution in [3.8, 4) is 5.75 Å². The van der Waals surface area contributed by atoms with E-state index in [1.54, 1.807) is 0 Å². The number of halogens is 4. The molecule has 1 aliphatic rings. The van der Waals surface area contributed by atoms with Gasteiger partial charge in [-0.2, -0.15) is 0 Å². The van der Waals surface area contributed by atoms with E-state index in [1.807, 2.05) is 6.08 Å². The lowest BCUT2D eigenvalue weighted by Crippen LogP contribution is -2.18. The Bertz CT molecular complexity index is 514. The summed E-state index contributed by atoms with van der Waals surface area (Å²) in [6, 6.07) is 3.49. The Morgan fingerprint density at radius 3 is 2.65 bits per heavy atom. The van der Waals surface area contributed by atoms with Gasteiger partial charge in [-0.15, -0.1) is 13.2 Å². The third kappa shape index (κ3) is 4.04. The second kappa shape index (κ2) is 5.60. The highest BCUT2D eigenvalue weighted by Gasteiger charge is 2.32. The van der Waals surface area contributed by atoms with Gasteiger partial charge in [-0.25, -0.2) is 4.39 Å². The Balaban J connectivity index is 1.95. The third-order valence-electron chi connectivity index (χ3n) is 3.01. The lowest BCUT2D eigenvalue weighted by Gasteiger charge is -2.11. The molecule has 0 amide bonds. The van der Waals surface area contributed by atoms with Crippen molar-refractivity contribution in [3.63, 3.8) is 0 Å². The van der Waals surface area contributed by atoms with E-state index in [-0.39, 0.29) is 5.92 Å². The summed E-state index contributed by atoms with van der Waals surface area (Å²) in [4.78, 5) is 0. The number of aryl methyl sites for hydroxylation is 1. The molecule has 0 spiro atoms. The summed E-state index contributed by atoms with van der Waals surface area (Å²) >= 11 is 0. The minimum absolute atomic E-state index is 0.254. The molecule has 0 radical (unpaired) electrons. The smallest absolute Gasteiger partial charge is 0.403 e. The zero-order valence-electron chi connectivity index (χ0n) is 10.5. The highest BCUT2D eigenvalue weighted by atomic mass is 19.4. The number of nitrogens with one attached hydrogen (secondary N) is 1. The van der Waals surface area contributed by atoms with Gasteiger partial charge in [-0.05, 0) is 42.5 Å². The van der Waals surface area contributed by atoms with E-state index < -0.39 is 17.9 Å². The molecule has 1 heterocycles. The van der Waals surface area contributed by atoms with E-state index in [4.69, 9.17) is 5.73 Å². The van der Waals surface area contributed by atoms with Crippen molar-refractivity contribution in [2.24, 2.45) is 11.7 Å². The van der Waals surface area contributed by atoms with Gasteiger partial charge in [-0.3, -0.25) is 0 Å². The number of nitrogens with two attached hydrogens (primary N) is 1. The van der Waals surface area contributed by atoms with Crippen LogP contribution in [-0.4, -0.2) is 12.9 Å². The van der Waals surface area contributed by atoms with Crippen LogP contribution in [0.4, 0.5) is 17.6 Å². The number of rotatable bonds is 4. The molecule has 1 aliphatic heterocycles. The minimum atomic E-state index is -4.89. The second-order valence-corrected chi connectivity index (χ2v) is 4.61. The van der Waals surface area contributed by atoms with Crippen LogP contribution in [0.1, 0.15) is 12.0 Å². The summed E-state index contributed by atoms with van der Waals surface area (Å²) in [5, 5.41) is 2.97. The third-order valence-corrected chi connectivity index (χ3v) is 3.01. The summed E-state index contributed by atoms with van der Waals surface area (Å²) < 4.78 is 53.0. The quantitative estimate of drug-likeness (QED) is 0.838. The number of hydrogen-bond donors (Lipinski definition) is 2. The van der Waals surface area contributed by atoms with Gasteiger partial charge in [0.05, 0.1) is 5.82 Å². The molecule has 1 atom stereocenters. The lowest BCUT2D eigenvalue weighted by molar-refractivity contribution is -0.275. The molecule has 3 nitrogen and oxygen atoms in total. The van der Waals surface area contributed by atoms with Crippen molar-refractivity contribution >= 4 is 0 Å². The van der Waals surface area contributed by atoms with Gasteiger partial charge in [0.25, 0.3) is 0 Å². The van der Waals surface area contributed by atoms with Crippen LogP contribution in [0.2, 0.25) is 0 Å². The maximum atomic E-state index is 13.5. The number of benzene rings is 1. The predicted molar refractivity (Wildman–Crippen MR) is 65.2 cm³/mol. The van der Waals surface area contributed by atoms with Gasteiger partial charge in [0.15, 0.2) is 11.6 Å². The Morgan fingerprint density at radius 2 is 2.10 bits per heavy atom. The van der Waals surface area contributed by atoms with Crippen LogP contribution >= 0.6 is 0 Å². The highest BCUT2D eigenvalue weighted by molar-refractivity contribution is 5.29. The first-order valence-electron chi connectivity index (χ1n) is 6.09. The molecule has 2 rings (SSSR count). The maximum Gasteiger partial charge on any atom is 0.573 e. The molecule has 0 saturated carbocycles. The fourth-order valence-corrected chi connectivity index (χ4v) is 2.07. The molecule has 3 N–H and O–H groups in total. The number of hydrogen-bond acceptors (Lipinski definition) is 3. The van der Waals surface area contributed by atoms with E-state index in [2.05, 4.69) is 10.1 Å². The maximum absolute atomic E-state index is 13.5. The fraction of sp³-hybridized carbons (Fsp3) is 0.385.